The molecule has 0 radical (unpaired) electrons. The van der Waals surface area contributed by atoms with E-state index in [1.165, 1.54) is 0 Å². The Kier molecular flexibility index (Phi) is 4.38. The summed E-state index contributed by atoms with van der Waals surface area (Å²) in [7, 11) is 0. The summed E-state index contributed by atoms with van der Waals surface area (Å²) in [5, 5.41) is 2.64. The predicted octanol–water partition coefficient (Wildman–Crippen LogP) is -0.405. The molecule has 0 atom stereocenters. The summed E-state index contributed by atoms with van der Waals surface area (Å²) in [4.78, 5) is 15.4. The number of aromatic nitrogens is 2. The number of rotatable bonds is 4. The molecule has 1 aromatic heterocycles. The zero-order valence-corrected chi connectivity index (χ0v) is 8.66. The van der Waals surface area contributed by atoms with Gasteiger partial charge in [-0.05, 0) is 6.92 Å². The first kappa shape index (κ1) is 11.3. The Morgan fingerprint density at radius 3 is 3.20 bits per heavy atom. The summed E-state index contributed by atoms with van der Waals surface area (Å²) < 4.78 is 1.78. The number of nitrogens with two attached hydrogens (primary N) is 1. The molecule has 5 nitrogen and oxygen atoms in total. The van der Waals surface area contributed by atoms with Crippen molar-refractivity contribution in [3.63, 3.8) is 0 Å². The van der Waals surface area contributed by atoms with E-state index in [1.54, 1.807) is 24.0 Å². The van der Waals surface area contributed by atoms with Gasteiger partial charge in [-0.1, -0.05) is 5.92 Å². The zero-order valence-electron chi connectivity index (χ0n) is 8.66. The molecule has 0 bridgehead atoms. The molecule has 0 aliphatic carbocycles. The van der Waals surface area contributed by atoms with Crippen molar-refractivity contribution in [2.24, 2.45) is 5.73 Å². The molecule has 0 aromatic carbocycles. The van der Waals surface area contributed by atoms with Gasteiger partial charge in [-0.3, -0.25) is 4.79 Å². The lowest BCUT2D eigenvalue weighted by Crippen LogP contribution is -2.23. The molecule has 0 spiro atoms. The van der Waals surface area contributed by atoms with Crippen LogP contribution in [0.3, 0.4) is 0 Å². The number of imidazole rings is 1. The van der Waals surface area contributed by atoms with E-state index in [1.807, 2.05) is 0 Å². The van der Waals surface area contributed by atoms with E-state index in [0.717, 1.165) is 0 Å². The number of hydrogen-bond acceptors (Lipinski definition) is 3. The Morgan fingerprint density at radius 1 is 1.73 bits per heavy atom. The lowest BCUT2D eigenvalue weighted by molar-refractivity contribution is 0.0954. The Hall–Kier alpha value is -1.80. The normalized spacial score (nSPS) is 9.20. The van der Waals surface area contributed by atoms with Crippen LogP contribution in [0.2, 0.25) is 0 Å². The molecule has 1 amide bonds. The van der Waals surface area contributed by atoms with Gasteiger partial charge in [0, 0.05) is 19.3 Å². The van der Waals surface area contributed by atoms with Crippen LogP contribution < -0.4 is 11.1 Å². The highest BCUT2D eigenvalue weighted by Gasteiger charge is 2.07. The molecule has 5 heteroatoms. The van der Waals surface area contributed by atoms with E-state index in [2.05, 4.69) is 22.1 Å². The number of carbonyl (C=O) groups is 1. The van der Waals surface area contributed by atoms with Crippen LogP contribution in [0.4, 0.5) is 0 Å². The van der Waals surface area contributed by atoms with Gasteiger partial charge in [-0.15, -0.1) is 5.92 Å². The van der Waals surface area contributed by atoms with Crippen molar-refractivity contribution in [1.82, 2.24) is 14.9 Å². The molecule has 0 aliphatic rings. The summed E-state index contributed by atoms with van der Waals surface area (Å²) in [6.45, 7) is 3.26. The van der Waals surface area contributed by atoms with Gasteiger partial charge in [0.1, 0.15) is 5.69 Å². The van der Waals surface area contributed by atoms with Crippen LogP contribution in [0.5, 0.6) is 0 Å². The maximum absolute atomic E-state index is 11.5. The number of amides is 1. The van der Waals surface area contributed by atoms with Gasteiger partial charge in [0.15, 0.2) is 0 Å². The van der Waals surface area contributed by atoms with Crippen molar-refractivity contribution in [1.29, 1.82) is 0 Å². The van der Waals surface area contributed by atoms with Crippen molar-refractivity contribution in [3.05, 3.63) is 18.2 Å². The van der Waals surface area contributed by atoms with Crippen LogP contribution in [0.25, 0.3) is 0 Å². The molecule has 0 saturated heterocycles. The lowest BCUT2D eigenvalue weighted by atomic mass is 10.4. The highest BCUT2D eigenvalue weighted by molar-refractivity contribution is 5.92. The topological polar surface area (TPSA) is 72.9 Å². The van der Waals surface area contributed by atoms with Crippen LogP contribution >= 0.6 is 0 Å². The SMILES string of the molecule is CC#CCNC(=O)c1cn(CCN)cn1. The monoisotopic (exact) mass is 206 g/mol. The highest BCUT2D eigenvalue weighted by Crippen LogP contribution is 1.95. The Labute approximate surface area is 88.7 Å². The number of hydrogen-bond donors (Lipinski definition) is 2. The van der Waals surface area contributed by atoms with Crippen molar-refractivity contribution in [2.45, 2.75) is 13.5 Å². The molecule has 0 fully saturated rings. The molecule has 80 valence electrons. The maximum Gasteiger partial charge on any atom is 0.272 e. The van der Waals surface area contributed by atoms with Crippen molar-refractivity contribution < 1.29 is 4.79 Å². The summed E-state index contributed by atoms with van der Waals surface area (Å²) in [6.07, 6.45) is 3.26. The molecule has 0 saturated carbocycles. The number of nitrogens with one attached hydrogen (secondary N) is 1. The molecule has 1 heterocycles. The van der Waals surface area contributed by atoms with Crippen LogP contribution in [-0.4, -0.2) is 28.5 Å². The van der Waals surface area contributed by atoms with Crippen LogP contribution in [-0.2, 0) is 6.54 Å². The molecule has 15 heavy (non-hydrogen) atoms. The number of nitrogens with zero attached hydrogens (tertiary/aromatic N) is 2. The number of carbonyl (C=O) groups excluding carboxylic acids is 1. The fourth-order valence-corrected chi connectivity index (χ4v) is 1.05. The fraction of sp³-hybridized carbons (Fsp3) is 0.400. The minimum absolute atomic E-state index is 0.214. The van der Waals surface area contributed by atoms with E-state index in [4.69, 9.17) is 5.73 Å². The van der Waals surface area contributed by atoms with Crippen LogP contribution in [0, 0.1) is 11.8 Å². The molecule has 0 unspecified atom stereocenters. The van der Waals surface area contributed by atoms with Gasteiger partial charge in [0.2, 0.25) is 0 Å². The highest BCUT2D eigenvalue weighted by atomic mass is 16.1. The standard InChI is InChI=1S/C10H14N4O/c1-2-3-5-12-10(15)9-7-14(6-4-11)8-13-9/h7-8H,4-6,11H2,1H3,(H,12,15). The third-order valence-electron chi connectivity index (χ3n) is 1.77. The molecule has 1 rings (SSSR count). The van der Waals surface area contributed by atoms with Crippen LogP contribution in [0.1, 0.15) is 17.4 Å². The zero-order chi connectivity index (χ0) is 11.1. The minimum atomic E-state index is -0.214. The fourth-order valence-electron chi connectivity index (χ4n) is 1.05. The average Bonchev–Trinajstić information content (AvgIpc) is 2.67. The first-order valence-corrected chi connectivity index (χ1v) is 4.67. The molecule has 0 aliphatic heterocycles. The maximum atomic E-state index is 11.5. The summed E-state index contributed by atoms with van der Waals surface area (Å²) in [6, 6.07) is 0. The van der Waals surface area contributed by atoms with Gasteiger partial charge >= 0.3 is 0 Å². The summed E-state index contributed by atoms with van der Waals surface area (Å²) in [5.41, 5.74) is 5.77. The first-order chi connectivity index (χ1) is 7.27. The Balaban J connectivity index is 2.52. The molecular weight excluding hydrogens is 192 g/mol. The van der Waals surface area contributed by atoms with Gasteiger partial charge < -0.3 is 15.6 Å². The van der Waals surface area contributed by atoms with E-state index < -0.39 is 0 Å². The second-order valence-corrected chi connectivity index (χ2v) is 2.89. The average molecular weight is 206 g/mol. The molecular formula is C10H14N4O. The Morgan fingerprint density at radius 2 is 2.53 bits per heavy atom. The van der Waals surface area contributed by atoms with E-state index in [-0.39, 0.29) is 5.91 Å². The van der Waals surface area contributed by atoms with E-state index in [0.29, 0.717) is 25.3 Å². The quantitative estimate of drug-likeness (QED) is 0.658. The van der Waals surface area contributed by atoms with E-state index >= 15 is 0 Å². The second kappa shape index (κ2) is 5.83. The molecule has 1 aromatic rings. The van der Waals surface area contributed by atoms with Crippen molar-refractivity contribution >= 4 is 5.91 Å². The van der Waals surface area contributed by atoms with Gasteiger partial charge in [0.05, 0.1) is 12.9 Å². The largest absolute Gasteiger partial charge is 0.340 e. The Bertz CT molecular complexity index is 386. The third kappa shape index (κ3) is 3.44. The second-order valence-electron chi connectivity index (χ2n) is 2.89. The van der Waals surface area contributed by atoms with Crippen molar-refractivity contribution in [2.75, 3.05) is 13.1 Å². The van der Waals surface area contributed by atoms with Crippen LogP contribution in [0.15, 0.2) is 12.5 Å². The predicted molar refractivity (Wildman–Crippen MR) is 57.1 cm³/mol. The third-order valence-corrected chi connectivity index (χ3v) is 1.77. The smallest absolute Gasteiger partial charge is 0.272 e. The first-order valence-electron chi connectivity index (χ1n) is 4.67. The van der Waals surface area contributed by atoms with Gasteiger partial charge in [0.25, 0.3) is 5.91 Å². The minimum Gasteiger partial charge on any atom is -0.340 e. The van der Waals surface area contributed by atoms with Gasteiger partial charge in [-0.2, -0.15) is 0 Å². The molecule has 3 N–H and O–H groups in total. The lowest BCUT2D eigenvalue weighted by Gasteiger charge is -1.97. The van der Waals surface area contributed by atoms with Crippen molar-refractivity contribution in [3.8, 4) is 11.8 Å². The summed E-state index contributed by atoms with van der Waals surface area (Å²) in [5.74, 6) is 5.22. The summed E-state index contributed by atoms with van der Waals surface area (Å²) >= 11 is 0. The van der Waals surface area contributed by atoms with Gasteiger partial charge in [-0.25, -0.2) is 4.98 Å². The van der Waals surface area contributed by atoms with E-state index in [9.17, 15) is 4.79 Å².